The molecule has 0 bridgehead atoms. The lowest BCUT2D eigenvalue weighted by Crippen LogP contribution is -2.20. The number of amides is 1. The van der Waals surface area contributed by atoms with Crippen molar-refractivity contribution >= 4 is 23.3 Å². The number of alkyl halides is 3. The molecule has 1 aromatic carbocycles. The number of nitrogens with zero attached hydrogens (tertiary/aromatic N) is 4. The Morgan fingerprint density at radius 2 is 1.91 bits per heavy atom. The number of H-pyrrole nitrogens is 1. The number of aromatic nitrogens is 5. The fourth-order valence-electron chi connectivity index (χ4n) is 2.72. The van der Waals surface area contributed by atoms with Crippen LogP contribution in [-0.4, -0.2) is 37.5 Å². The zero-order valence-corrected chi connectivity index (χ0v) is 16.3. The molecule has 13 heteroatoms. The SMILES string of the molecule is CNC(=O)c1cc(Oc2cccc(Nc3nc4nc(C(F)(F)F)cc(=O)n4[nH]3)c2)ccn1. The molecule has 4 aromatic rings. The van der Waals surface area contributed by atoms with Gasteiger partial charge in [0.1, 0.15) is 17.2 Å². The van der Waals surface area contributed by atoms with Crippen LogP contribution in [0.3, 0.4) is 0 Å². The number of carbonyl (C=O) groups excluding carboxylic acids is 1. The topological polar surface area (TPSA) is 126 Å². The molecule has 0 aliphatic heterocycles. The Bertz CT molecular complexity index is 1360. The fraction of sp³-hybridized carbons (Fsp3) is 0.105. The van der Waals surface area contributed by atoms with Crippen LogP contribution in [0.15, 0.2) is 53.5 Å². The second-order valence-electron chi connectivity index (χ2n) is 6.40. The maximum absolute atomic E-state index is 12.9. The molecule has 0 aliphatic carbocycles. The number of halogens is 3. The van der Waals surface area contributed by atoms with E-state index in [1.165, 1.54) is 19.3 Å². The molecule has 3 aromatic heterocycles. The maximum Gasteiger partial charge on any atom is 0.433 e. The molecule has 0 unspecified atom stereocenters. The van der Waals surface area contributed by atoms with E-state index in [1.54, 1.807) is 30.3 Å². The molecule has 0 saturated carbocycles. The molecule has 0 atom stereocenters. The molecule has 0 saturated heterocycles. The van der Waals surface area contributed by atoms with Gasteiger partial charge in [-0.1, -0.05) is 6.07 Å². The van der Waals surface area contributed by atoms with Crippen LogP contribution >= 0.6 is 0 Å². The average Bonchev–Trinajstić information content (AvgIpc) is 3.16. The van der Waals surface area contributed by atoms with Gasteiger partial charge in [0.25, 0.3) is 17.2 Å². The summed E-state index contributed by atoms with van der Waals surface area (Å²) in [7, 11) is 1.48. The summed E-state index contributed by atoms with van der Waals surface area (Å²) in [5.74, 6) is -0.0341. The summed E-state index contributed by atoms with van der Waals surface area (Å²) in [5.41, 5.74) is -1.64. The predicted molar refractivity (Wildman–Crippen MR) is 106 cm³/mol. The zero-order valence-electron chi connectivity index (χ0n) is 16.3. The van der Waals surface area contributed by atoms with Crippen molar-refractivity contribution < 1.29 is 22.7 Å². The van der Waals surface area contributed by atoms with Crippen molar-refractivity contribution in [3.8, 4) is 11.5 Å². The van der Waals surface area contributed by atoms with E-state index in [0.717, 1.165) is 4.52 Å². The predicted octanol–water partition coefficient (Wildman–Crippen LogP) is 2.73. The van der Waals surface area contributed by atoms with E-state index < -0.39 is 23.2 Å². The number of hydrogen-bond donors (Lipinski definition) is 3. The monoisotopic (exact) mass is 445 g/mol. The number of anilines is 2. The third kappa shape index (κ3) is 4.35. The smallest absolute Gasteiger partial charge is 0.433 e. The Labute approximate surface area is 177 Å². The number of aromatic amines is 1. The van der Waals surface area contributed by atoms with Gasteiger partial charge in [-0.2, -0.15) is 22.7 Å². The van der Waals surface area contributed by atoms with Crippen molar-refractivity contribution in [2.45, 2.75) is 6.18 Å². The second-order valence-corrected chi connectivity index (χ2v) is 6.40. The first-order chi connectivity index (χ1) is 15.2. The Balaban J connectivity index is 1.57. The van der Waals surface area contributed by atoms with Gasteiger partial charge in [0.05, 0.1) is 0 Å². The van der Waals surface area contributed by atoms with Crippen LogP contribution in [0, 0.1) is 0 Å². The third-order valence-corrected chi connectivity index (χ3v) is 4.14. The Hall–Kier alpha value is -4.42. The van der Waals surface area contributed by atoms with Gasteiger partial charge in [-0.25, -0.2) is 4.98 Å². The number of pyridine rings is 1. The van der Waals surface area contributed by atoms with Gasteiger partial charge in [-0.05, 0) is 18.2 Å². The first kappa shape index (κ1) is 20.8. The fourth-order valence-corrected chi connectivity index (χ4v) is 2.72. The van der Waals surface area contributed by atoms with Crippen LogP contribution in [-0.2, 0) is 6.18 Å². The molecule has 3 N–H and O–H groups in total. The highest BCUT2D eigenvalue weighted by Crippen LogP contribution is 2.27. The largest absolute Gasteiger partial charge is 0.457 e. The highest BCUT2D eigenvalue weighted by molar-refractivity contribution is 5.92. The van der Waals surface area contributed by atoms with Crippen molar-refractivity contribution in [1.82, 2.24) is 29.9 Å². The highest BCUT2D eigenvalue weighted by atomic mass is 19.4. The number of benzene rings is 1. The number of carbonyl (C=O) groups is 1. The number of hydrogen-bond acceptors (Lipinski definition) is 7. The summed E-state index contributed by atoms with van der Waals surface area (Å²) in [6, 6.07) is 9.98. The van der Waals surface area contributed by atoms with E-state index in [1.807, 2.05) is 0 Å². The molecule has 10 nitrogen and oxygen atoms in total. The van der Waals surface area contributed by atoms with Crippen LogP contribution in [0.1, 0.15) is 16.2 Å². The van der Waals surface area contributed by atoms with Crippen LogP contribution in [0.25, 0.3) is 5.78 Å². The molecule has 0 aliphatic rings. The van der Waals surface area contributed by atoms with Gasteiger partial charge in [0.2, 0.25) is 5.95 Å². The van der Waals surface area contributed by atoms with Crippen molar-refractivity contribution in [2.75, 3.05) is 12.4 Å². The minimum atomic E-state index is -4.77. The van der Waals surface area contributed by atoms with Gasteiger partial charge in [-0.15, -0.1) is 0 Å². The van der Waals surface area contributed by atoms with Gasteiger partial charge in [0.15, 0.2) is 5.69 Å². The van der Waals surface area contributed by atoms with Gasteiger partial charge < -0.3 is 15.4 Å². The lowest BCUT2D eigenvalue weighted by atomic mass is 10.3. The molecule has 32 heavy (non-hydrogen) atoms. The molecular weight excluding hydrogens is 431 g/mol. The van der Waals surface area contributed by atoms with Crippen molar-refractivity contribution in [3.63, 3.8) is 0 Å². The number of rotatable bonds is 5. The summed E-state index contributed by atoms with van der Waals surface area (Å²) in [5, 5.41) is 7.85. The first-order valence-electron chi connectivity index (χ1n) is 9.03. The molecule has 0 spiro atoms. The minimum Gasteiger partial charge on any atom is -0.457 e. The second kappa shape index (κ2) is 8.02. The average molecular weight is 445 g/mol. The molecule has 0 fully saturated rings. The van der Waals surface area contributed by atoms with Crippen LogP contribution in [0.5, 0.6) is 11.5 Å². The van der Waals surface area contributed by atoms with Crippen molar-refractivity contribution in [3.05, 3.63) is 70.4 Å². The number of ether oxygens (including phenoxy) is 1. The Morgan fingerprint density at radius 1 is 1.12 bits per heavy atom. The maximum atomic E-state index is 12.9. The van der Waals surface area contributed by atoms with E-state index >= 15 is 0 Å². The lowest BCUT2D eigenvalue weighted by molar-refractivity contribution is -0.141. The zero-order chi connectivity index (χ0) is 22.9. The summed E-state index contributed by atoms with van der Waals surface area (Å²) < 4.78 is 45.1. The van der Waals surface area contributed by atoms with Crippen LogP contribution in [0.2, 0.25) is 0 Å². The molecule has 1 amide bonds. The van der Waals surface area contributed by atoms with E-state index in [4.69, 9.17) is 4.74 Å². The van der Waals surface area contributed by atoms with Crippen molar-refractivity contribution in [2.24, 2.45) is 0 Å². The summed E-state index contributed by atoms with van der Waals surface area (Å²) in [6.07, 6.45) is -3.34. The van der Waals surface area contributed by atoms with E-state index in [2.05, 4.69) is 30.7 Å². The quantitative estimate of drug-likeness (QED) is 0.431. The van der Waals surface area contributed by atoms with Crippen LogP contribution in [0.4, 0.5) is 24.8 Å². The summed E-state index contributed by atoms with van der Waals surface area (Å²) in [4.78, 5) is 34.9. The molecular formula is C19H14F3N7O3. The van der Waals surface area contributed by atoms with Gasteiger partial charge >= 0.3 is 6.18 Å². The summed E-state index contributed by atoms with van der Waals surface area (Å²) in [6.45, 7) is 0. The van der Waals surface area contributed by atoms with Crippen molar-refractivity contribution in [1.29, 1.82) is 0 Å². The number of fused-ring (bicyclic) bond motifs is 1. The molecule has 0 radical (unpaired) electrons. The summed E-state index contributed by atoms with van der Waals surface area (Å²) >= 11 is 0. The Morgan fingerprint density at radius 3 is 2.66 bits per heavy atom. The van der Waals surface area contributed by atoms with E-state index in [-0.39, 0.29) is 17.5 Å². The Kier molecular flexibility index (Phi) is 5.22. The van der Waals surface area contributed by atoms with Gasteiger partial charge in [0, 0.05) is 37.1 Å². The van der Waals surface area contributed by atoms with E-state index in [9.17, 15) is 22.8 Å². The normalized spacial score (nSPS) is 11.4. The molecule has 4 rings (SSSR count). The minimum absolute atomic E-state index is 0.00288. The first-order valence-corrected chi connectivity index (χ1v) is 9.03. The third-order valence-electron chi connectivity index (χ3n) is 4.14. The molecule has 164 valence electrons. The van der Waals surface area contributed by atoms with E-state index in [0.29, 0.717) is 23.3 Å². The van der Waals surface area contributed by atoms with Crippen LogP contribution < -0.4 is 20.9 Å². The lowest BCUT2D eigenvalue weighted by Gasteiger charge is -2.09. The standard InChI is InChI=1S/C19H14F3N7O3/c1-23-16(31)13-8-12(5-6-24-13)32-11-4-2-3-10(7-11)25-17-27-18-26-14(19(20,21)22)9-15(30)29(18)28-17/h2-9H,1H3,(H,23,31)(H2,25,26,27,28). The molecule has 3 heterocycles. The van der Waals surface area contributed by atoms with Gasteiger partial charge in [-0.3, -0.25) is 19.7 Å². The highest BCUT2D eigenvalue weighted by Gasteiger charge is 2.34. The number of nitrogens with one attached hydrogen (secondary N) is 3.